The van der Waals surface area contributed by atoms with E-state index in [2.05, 4.69) is 9.97 Å². The van der Waals surface area contributed by atoms with Crippen LogP contribution >= 0.6 is 0 Å². The molecule has 4 rings (SSSR count). The zero-order valence-electron chi connectivity index (χ0n) is 13.2. The first-order valence-electron chi connectivity index (χ1n) is 7.71. The molecule has 0 bridgehead atoms. The molecule has 8 heteroatoms. The molecule has 1 aromatic carbocycles. The number of carbonyl (C=O) groups is 1. The van der Waals surface area contributed by atoms with Crippen molar-refractivity contribution >= 4 is 5.91 Å². The minimum atomic E-state index is -0.742. The van der Waals surface area contributed by atoms with E-state index in [-0.39, 0.29) is 25.6 Å². The minimum Gasteiger partial charge on any atom is -0.485 e. The first-order chi connectivity index (χ1) is 12.3. The van der Waals surface area contributed by atoms with Crippen molar-refractivity contribution in [2.75, 3.05) is 6.61 Å². The SMILES string of the molecule is O=C(C1COc2ccccc2O1)N(Cc1cocn1)Cc1cocn1. The van der Waals surface area contributed by atoms with Crippen LogP contribution in [0.1, 0.15) is 11.4 Å². The maximum atomic E-state index is 13.0. The van der Waals surface area contributed by atoms with E-state index in [1.165, 1.54) is 25.3 Å². The van der Waals surface area contributed by atoms with Crippen molar-refractivity contribution in [3.63, 3.8) is 0 Å². The van der Waals surface area contributed by atoms with Crippen LogP contribution in [0.4, 0.5) is 0 Å². The van der Waals surface area contributed by atoms with Crippen molar-refractivity contribution in [3.8, 4) is 11.5 Å². The number of hydrogen-bond donors (Lipinski definition) is 0. The molecule has 0 aliphatic carbocycles. The molecule has 8 nitrogen and oxygen atoms in total. The number of carbonyl (C=O) groups excluding carboxylic acids is 1. The summed E-state index contributed by atoms with van der Waals surface area (Å²) in [7, 11) is 0. The largest absolute Gasteiger partial charge is 0.485 e. The van der Waals surface area contributed by atoms with Crippen molar-refractivity contribution in [2.45, 2.75) is 19.2 Å². The molecule has 128 valence electrons. The highest BCUT2D eigenvalue weighted by Gasteiger charge is 2.31. The Bertz CT molecular complexity index is 796. The normalized spacial score (nSPS) is 15.8. The molecule has 1 aliphatic rings. The number of hydrogen-bond acceptors (Lipinski definition) is 7. The van der Waals surface area contributed by atoms with Gasteiger partial charge in [-0.1, -0.05) is 12.1 Å². The van der Waals surface area contributed by atoms with E-state index >= 15 is 0 Å². The van der Waals surface area contributed by atoms with Gasteiger partial charge >= 0.3 is 0 Å². The fourth-order valence-electron chi connectivity index (χ4n) is 2.58. The van der Waals surface area contributed by atoms with E-state index < -0.39 is 6.10 Å². The van der Waals surface area contributed by atoms with Gasteiger partial charge in [-0.3, -0.25) is 4.79 Å². The van der Waals surface area contributed by atoms with Crippen molar-refractivity contribution in [2.24, 2.45) is 0 Å². The number of amides is 1. The smallest absolute Gasteiger partial charge is 0.267 e. The van der Waals surface area contributed by atoms with Crippen molar-refractivity contribution in [3.05, 3.63) is 61.0 Å². The Hall–Kier alpha value is -3.29. The lowest BCUT2D eigenvalue weighted by molar-refractivity contribution is -0.142. The van der Waals surface area contributed by atoms with Gasteiger partial charge in [-0.2, -0.15) is 0 Å². The topological polar surface area (TPSA) is 90.8 Å². The van der Waals surface area contributed by atoms with E-state index in [1.54, 1.807) is 17.0 Å². The predicted molar refractivity (Wildman–Crippen MR) is 83.6 cm³/mol. The van der Waals surface area contributed by atoms with E-state index in [0.717, 1.165) is 0 Å². The Morgan fingerprint density at radius 1 is 1.04 bits per heavy atom. The average Bonchev–Trinajstić information content (AvgIpc) is 3.34. The number of rotatable bonds is 5. The quantitative estimate of drug-likeness (QED) is 0.701. The van der Waals surface area contributed by atoms with Crippen molar-refractivity contribution in [1.82, 2.24) is 14.9 Å². The summed E-state index contributed by atoms with van der Waals surface area (Å²) in [6, 6.07) is 7.26. The van der Waals surface area contributed by atoms with Gasteiger partial charge in [-0.05, 0) is 12.1 Å². The molecule has 3 aromatic rings. The number of fused-ring (bicyclic) bond motifs is 1. The zero-order valence-corrected chi connectivity index (χ0v) is 13.2. The van der Waals surface area contributed by atoms with Gasteiger partial charge in [-0.15, -0.1) is 0 Å². The van der Waals surface area contributed by atoms with Gasteiger partial charge in [0.15, 0.2) is 24.3 Å². The molecular formula is C17H15N3O5. The molecule has 25 heavy (non-hydrogen) atoms. The summed E-state index contributed by atoms with van der Waals surface area (Å²) in [4.78, 5) is 22.7. The fraction of sp³-hybridized carbons (Fsp3) is 0.235. The highest BCUT2D eigenvalue weighted by Crippen LogP contribution is 2.31. The lowest BCUT2D eigenvalue weighted by Crippen LogP contribution is -2.45. The summed E-state index contributed by atoms with van der Waals surface area (Å²) in [5.74, 6) is 0.960. The van der Waals surface area contributed by atoms with Crippen LogP contribution < -0.4 is 9.47 Å². The van der Waals surface area contributed by atoms with Crippen LogP contribution in [0.25, 0.3) is 0 Å². The number of aromatic nitrogens is 2. The molecule has 0 fully saturated rings. The van der Waals surface area contributed by atoms with Gasteiger partial charge < -0.3 is 23.2 Å². The van der Waals surface area contributed by atoms with Crippen LogP contribution in [0.3, 0.4) is 0 Å². The minimum absolute atomic E-state index is 0.143. The predicted octanol–water partition coefficient (Wildman–Crippen LogP) is 2.03. The molecule has 0 radical (unpaired) electrons. The summed E-state index contributed by atoms with van der Waals surface area (Å²) < 4.78 is 21.4. The molecule has 1 aliphatic heterocycles. The maximum absolute atomic E-state index is 13.0. The average molecular weight is 341 g/mol. The summed E-state index contributed by atoms with van der Waals surface area (Å²) in [6.07, 6.45) is 4.90. The molecular weight excluding hydrogens is 326 g/mol. The summed E-state index contributed by atoms with van der Waals surface area (Å²) in [5.41, 5.74) is 1.27. The number of para-hydroxylation sites is 2. The molecule has 3 heterocycles. The lowest BCUT2D eigenvalue weighted by atomic mass is 10.2. The Kier molecular flexibility index (Phi) is 4.07. The van der Waals surface area contributed by atoms with E-state index in [1.807, 2.05) is 12.1 Å². The van der Waals surface area contributed by atoms with Gasteiger partial charge in [0.05, 0.1) is 24.5 Å². The molecule has 1 amide bonds. The summed E-state index contributed by atoms with van der Waals surface area (Å²) >= 11 is 0. The molecule has 2 aromatic heterocycles. The number of benzene rings is 1. The van der Waals surface area contributed by atoms with Crippen LogP contribution in [-0.2, 0) is 17.9 Å². The second-order valence-corrected chi connectivity index (χ2v) is 5.52. The van der Waals surface area contributed by atoms with E-state index in [4.69, 9.17) is 18.3 Å². The van der Waals surface area contributed by atoms with E-state index in [9.17, 15) is 4.79 Å². The Balaban J connectivity index is 1.53. The third-order valence-electron chi connectivity index (χ3n) is 3.77. The van der Waals surface area contributed by atoms with Gasteiger partial charge in [0.1, 0.15) is 19.1 Å². The molecule has 0 saturated carbocycles. The standard InChI is InChI=1S/C17H15N3O5/c21-17(16-9-24-14-3-1-2-4-15(14)25-16)20(5-12-7-22-10-18-12)6-13-8-23-11-19-13/h1-4,7-8,10-11,16H,5-6,9H2. The van der Waals surface area contributed by atoms with Gasteiger partial charge in [-0.25, -0.2) is 9.97 Å². The monoisotopic (exact) mass is 341 g/mol. The number of oxazole rings is 2. The highest BCUT2D eigenvalue weighted by molar-refractivity contribution is 5.81. The third-order valence-corrected chi connectivity index (χ3v) is 3.77. The first-order valence-corrected chi connectivity index (χ1v) is 7.71. The van der Waals surface area contributed by atoms with Crippen LogP contribution in [-0.4, -0.2) is 33.5 Å². The van der Waals surface area contributed by atoms with Gasteiger partial charge in [0.25, 0.3) is 5.91 Å². The van der Waals surface area contributed by atoms with Crippen molar-refractivity contribution < 1.29 is 23.1 Å². The molecule has 1 atom stereocenters. The second kappa shape index (κ2) is 6.68. The lowest BCUT2D eigenvalue weighted by Gasteiger charge is -2.30. The van der Waals surface area contributed by atoms with Crippen molar-refractivity contribution in [1.29, 1.82) is 0 Å². The zero-order chi connectivity index (χ0) is 17.1. The van der Waals surface area contributed by atoms with Crippen LogP contribution in [0.2, 0.25) is 0 Å². The highest BCUT2D eigenvalue weighted by atomic mass is 16.6. The Morgan fingerprint density at radius 2 is 1.68 bits per heavy atom. The van der Waals surface area contributed by atoms with Gasteiger partial charge in [0, 0.05) is 0 Å². The fourth-order valence-corrected chi connectivity index (χ4v) is 2.58. The van der Waals surface area contributed by atoms with Crippen LogP contribution in [0.5, 0.6) is 11.5 Å². The van der Waals surface area contributed by atoms with Crippen LogP contribution in [0, 0.1) is 0 Å². The van der Waals surface area contributed by atoms with Crippen LogP contribution in [0.15, 0.2) is 58.4 Å². The third kappa shape index (κ3) is 3.32. The molecule has 0 saturated heterocycles. The number of nitrogens with zero attached hydrogens (tertiary/aromatic N) is 3. The van der Waals surface area contributed by atoms with Gasteiger partial charge in [0.2, 0.25) is 6.10 Å². The van der Waals surface area contributed by atoms with E-state index in [0.29, 0.717) is 22.9 Å². The molecule has 0 N–H and O–H groups in total. The Morgan fingerprint density at radius 3 is 2.28 bits per heavy atom. The summed E-state index contributed by atoms with van der Waals surface area (Å²) in [5, 5.41) is 0. The number of ether oxygens (including phenoxy) is 2. The maximum Gasteiger partial charge on any atom is 0.267 e. The first kappa shape index (κ1) is 15.3. The summed E-state index contributed by atoms with van der Waals surface area (Å²) in [6.45, 7) is 0.678. The second-order valence-electron chi connectivity index (χ2n) is 5.52. The molecule has 0 spiro atoms. The molecule has 1 unspecified atom stereocenters. The Labute approximate surface area is 143 Å².